The molecule has 2 N–H and O–H groups in total. The molecule has 2 aromatic carbocycles. The zero-order valence-electron chi connectivity index (χ0n) is 16.5. The molecule has 0 amide bonds. The van der Waals surface area contributed by atoms with Crippen molar-refractivity contribution in [3.8, 4) is 5.75 Å². The molecule has 0 saturated heterocycles. The van der Waals surface area contributed by atoms with Gasteiger partial charge < -0.3 is 24.8 Å². The minimum Gasteiger partial charge on any atom is -0.491 e. The molecule has 156 valence electrons. The maximum absolute atomic E-state index is 14.2. The number of hydrogen-bond acceptors (Lipinski definition) is 8. The average Bonchev–Trinajstić information content (AvgIpc) is 2.77. The molecule has 0 aliphatic carbocycles. The first kappa shape index (κ1) is 21.0. The molecule has 0 aliphatic heterocycles. The molecule has 0 unspecified atom stereocenters. The predicted octanol–water partition coefficient (Wildman–Crippen LogP) is 3.91. The van der Waals surface area contributed by atoms with E-state index in [1.54, 1.807) is 55.6 Å². The minimum atomic E-state index is -0.633. The molecule has 30 heavy (non-hydrogen) atoms. The van der Waals surface area contributed by atoms with Gasteiger partial charge in [0.2, 0.25) is 5.95 Å². The molecule has 1 heterocycles. The second-order valence-electron chi connectivity index (χ2n) is 6.08. The lowest BCUT2D eigenvalue weighted by Crippen LogP contribution is -2.05. The molecular weight excluding hydrogens is 391 g/mol. The van der Waals surface area contributed by atoms with Crippen molar-refractivity contribution in [3.63, 3.8) is 0 Å². The predicted molar refractivity (Wildman–Crippen MR) is 110 cm³/mol. The second-order valence-corrected chi connectivity index (χ2v) is 6.08. The van der Waals surface area contributed by atoms with E-state index < -0.39 is 11.8 Å². The number of rotatable bonds is 9. The number of benzene rings is 2. The molecule has 0 atom stereocenters. The van der Waals surface area contributed by atoms with Gasteiger partial charge in [-0.25, -0.2) is 14.2 Å². The third-order valence-corrected chi connectivity index (χ3v) is 3.96. The number of nitrogens with one attached hydrogen (secondary N) is 2. The van der Waals surface area contributed by atoms with Crippen LogP contribution in [0.2, 0.25) is 0 Å². The molecule has 8 nitrogen and oxygen atoms in total. The zero-order valence-corrected chi connectivity index (χ0v) is 16.5. The molecule has 0 saturated carbocycles. The van der Waals surface area contributed by atoms with E-state index in [0.717, 1.165) is 6.20 Å². The fraction of sp³-hybridized carbons (Fsp3) is 0.190. The summed E-state index contributed by atoms with van der Waals surface area (Å²) in [5.74, 6) is -0.250. The van der Waals surface area contributed by atoms with E-state index in [0.29, 0.717) is 35.9 Å². The number of aromatic nitrogens is 2. The van der Waals surface area contributed by atoms with Crippen LogP contribution in [-0.2, 0) is 9.47 Å². The first-order valence-corrected chi connectivity index (χ1v) is 9.06. The summed E-state index contributed by atoms with van der Waals surface area (Å²) >= 11 is 0. The second kappa shape index (κ2) is 10.2. The summed E-state index contributed by atoms with van der Waals surface area (Å²) in [6, 6.07) is 13.7. The van der Waals surface area contributed by atoms with Crippen LogP contribution < -0.4 is 15.4 Å². The van der Waals surface area contributed by atoms with E-state index in [2.05, 4.69) is 20.6 Å². The number of hydrogen-bond donors (Lipinski definition) is 2. The van der Waals surface area contributed by atoms with Gasteiger partial charge in [-0.3, -0.25) is 0 Å². The van der Waals surface area contributed by atoms with E-state index >= 15 is 0 Å². The fourth-order valence-electron chi connectivity index (χ4n) is 2.50. The highest BCUT2D eigenvalue weighted by atomic mass is 19.1. The van der Waals surface area contributed by atoms with Crippen molar-refractivity contribution < 1.29 is 23.4 Å². The quantitative estimate of drug-likeness (QED) is 0.404. The number of anilines is 4. The van der Waals surface area contributed by atoms with Crippen molar-refractivity contribution in [2.45, 2.75) is 0 Å². The number of methoxy groups -OCH3 is 2. The van der Waals surface area contributed by atoms with Crippen LogP contribution in [0.15, 0.2) is 54.7 Å². The Balaban J connectivity index is 1.70. The molecule has 0 aliphatic rings. The van der Waals surface area contributed by atoms with Crippen molar-refractivity contribution >= 4 is 29.1 Å². The Bertz CT molecular complexity index is 999. The number of halogens is 1. The summed E-state index contributed by atoms with van der Waals surface area (Å²) in [5.41, 5.74) is 1.53. The summed E-state index contributed by atoms with van der Waals surface area (Å²) in [6.07, 6.45) is 1.06. The number of carbonyl (C=O) groups is 1. The standard InChI is InChI=1S/C21H21FN4O4/c1-28-10-11-30-17-8-6-15(7-9-17)25-21-23-13-18(22)19(26-21)24-16-5-3-4-14(12-16)20(27)29-2/h3-9,12-13H,10-11H2,1-2H3,(H2,23,24,25,26). The van der Waals surface area contributed by atoms with E-state index in [-0.39, 0.29) is 11.8 Å². The Hall–Kier alpha value is -3.72. The van der Waals surface area contributed by atoms with Gasteiger partial charge in [0.1, 0.15) is 12.4 Å². The van der Waals surface area contributed by atoms with Crippen LogP contribution >= 0.6 is 0 Å². The number of ether oxygens (including phenoxy) is 3. The van der Waals surface area contributed by atoms with Crippen molar-refractivity contribution in [1.29, 1.82) is 0 Å². The van der Waals surface area contributed by atoms with Crippen LogP contribution in [0, 0.1) is 5.82 Å². The van der Waals surface area contributed by atoms with Gasteiger partial charge in [-0.05, 0) is 42.5 Å². The lowest BCUT2D eigenvalue weighted by molar-refractivity contribution is 0.0601. The maximum atomic E-state index is 14.2. The van der Waals surface area contributed by atoms with E-state index in [4.69, 9.17) is 14.2 Å². The Morgan fingerprint density at radius 2 is 1.83 bits per heavy atom. The third kappa shape index (κ3) is 5.65. The Labute approximate surface area is 173 Å². The topological polar surface area (TPSA) is 94.6 Å². The van der Waals surface area contributed by atoms with Crippen molar-refractivity contribution in [3.05, 3.63) is 66.1 Å². The van der Waals surface area contributed by atoms with Crippen LogP contribution in [0.25, 0.3) is 0 Å². The van der Waals surface area contributed by atoms with Gasteiger partial charge in [0.25, 0.3) is 0 Å². The van der Waals surface area contributed by atoms with Crippen LogP contribution in [0.5, 0.6) is 5.75 Å². The summed E-state index contributed by atoms with van der Waals surface area (Å²) in [5, 5.41) is 5.86. The SMILES string of the molecule is COCCOc1ccc(Nc2ncc(F)c(Nc3cccc(C(=O)OC)c3)n2)cc1. The molecule has 3 rings (SSSR count). The Morgan fingerprint density at radius 3 is 2.57 bits per heavy atom. The molecule has 1 aromatic heterocycles. The van der Waals surface area contributed by atoms with Crippen LogP contribution in [-0.4, -0.2) is 43.4 Å². The average molecular weight is 412 g/mol. The molecule has 0 radical (unpaired) electrons. The van der Waals surface area contributed by atoms with Gasteiger partial charge in [0, 0.05) is 18.5 Å². The van der Waals surface area contributed by atoms with Crippen molar-refractivity contribution in [2.24, 2.45) is 0 Å². The zero-order chi connectivity index (χ0) is 21.3. The van der Waals surface area contributed by atoms with Crippen molar-refractivity contribution in [2.75, 3.05) is 38.1 Å². The van der Waals surface area contributed by atoms with Gasteiger partial charge in [-0.15, -0.1) is 0 Å². The molecule has 9 heteroatoms. The summed E-state index contributed by atoms with van der Waals surface area (Å²) in [4.78, 5) is 19.8. The van der Waals surface area contributed by atoms with Gasteiger partial charge in [-0.2, -0.15) is 4.98 Å². The smallest absolute Gasteiger partial charge is 0.337 e. The maximum Gasteiger partial charge on any atom is 0.337 e. The fourth-order valence-corrected chi connectivity index (χ4v) is 2.50. The third-order valence-electron chi connectivity index (χ3n) is 3.96. The van der Waals surface area contributed by atoms with Crippen molar-refractivity contribution in [1.82, 2.24) is 9.97 Å². The highest BCUT2D eigenvalue weighted by molar-refractivity contribution is 5.90. The summed E-state index contributed by atoms with van der Waals surface area (Å²) < 4.78 is 29.3. The van der Waals surface area contributed by atoms with E-state index in [1.807, 2.05) is 0 Å². The Morgan fingerprint density at radius 1 is 1.03 bits per heavy atom. The first-order valence-electron chi connectivity index (χ1n) is 9.06. The van der Waals surface area contributed by atoms with Crippen LogP contribution in [0.3, 0.4) is 0 Å². The molecular formula is C21H21FN4O4. The van der Waals surface area contributed by atoms with Gasteiger partial charge in [0.15, 0.2) is 11.6 Å². The lowest BCUT2D eigenvalue weighted by Gasteiger charge is -2.11. The normalized spacial score (nSPS) is 10.4. The van der Waals surface area contributed by atoms with E-state index in [9.17, 15) is 9.18 Å². The van der Waals surface area contributed by atoms with Gasteiger partial charge in [-0.1, -0.05) is 6.07 Å². The molecule has 0 fully saturated rings. The highest BCUT2D eigenvalue weighted by Gasteiger charge is 2.10. The Kier molecular flexibility index (Phi) is 7.12. The molecule has 0 spiro atoms. The highest BCUT2D eigenvalue weighted by Crippen LogP contribution is 2.22. The molecule has 3 aromatic rings. The summed E-state index contributed by atoms with van der Waals surface area (Å²) in [7, 11) is 2.90. The van der Waals surface area contributed by atoms with Crippen LogP contribution in [0.1, 0.15) is 10.4 Å². The summed E-state index contributed by atoms with van der Waals surface area (Å²) in [6.45, 7) is 0.957. The largest absolute Gasteiger partial charge is 0.491 e. The molecule has 0 bridgehead atoms. The van der Waals surface area contributed by atoms with Gasteiger partial charge >= 0.3 is 5.97 Å². The first-order chi connectivity index (χ1) is 14.6. The minimum absolute atomic E-state index is 0.0333. The number of esters is 1. The van der Waals surface area contributed by atoms with Crippen LogP contribution in [0.4, 0.5) is 27.5 Å². The monoisotopic (exact) mass is 412 g/mol. The lowest BCUT2D eigenvalue weighted by atomic mass is 10.2. The number of carbonyl (C=O) groups excluding carboxylic acids is 1. The van der Waals surface area contributed by atoms with Gasteiger partial charge in [0.05, 0.1) is 25.5 Å². The number of nitrogens with zero attached hydrogens (tertiary/aromatic N) is 2. The van der Waals surface area contributed by atoms with E-state index in [1.165, 1.54) is 7.11 Å².